The lowest BCUT2D eigenvalue weighted by molar-refractivity contribution is 0.0344. The minimum absolute atomic E-state index is 0.912. The molecule has 3 nitrogen and oxygen atoms in total. The van der Waals surface area contributed by atoms with Crippen LogP contribution < -0.4 is 0 Å². The van der Waals surface area contributed by atoms with Gasteiger partial charge in [-0.1, -0.05) is 22.4 Å². The molecule has 1 heterocycles. The molecule has 96 valence electrons. The zero-order chi connectivity index (χ0) is 11.6. The van der Waals surface area contributed by atoms with Crippen LogP contribution in [-0.2, 0) is 4.74 Å². The average molecular weight is 293 g/mol. The molecule has 0 unspecified atom stereocenters. The maximum Gasteiger partial charge on any atom is 0.0594 e. The lowest BCUT2D eigenvalue weighted by Gasteiger charge is -2.28. The summed E-state index contributed by atoms with van der Waals surface area (Å²) in [4.78, 5) is 4.95. The highest BCUT2D eigenvalue weighted by molar-refractivity contribution is 9.09. The summed E-state index contributed by atoms with van der Waals surface area (Å²) in [6.45, 7) is 7.66. The Bertz CT molecular complexity index is 163. The van der Waals surface area contributed by atoms with Crippen LogP contribution >= 0.6 is 15.9 Å². The van der Waals surface area contributed by atoms with Gasteiger partial charge in [0.15, 0.2) is 0 Å². The first-order valence-corrected chi connectivity index (χ1v) is 7.49. The summed E-state index contributed by atoms with van der Waals surface area (Å²) in [6, 6.07) is 0. The van der Waals surface area contributed by atoms with Gasteiger partial charge in [0.2, 0.25) is 0 Å². The van der Waals surface area contributed by atoms with Gasteiger partial charge in [-0.15, -0.1) is 0 Å². The van der Waals surface area contributed by atoms with Crippen molar-refractivity contribution in [3.05, 3.63) is 0 Å². The van der Waals surface area contributed by atoms with Gasteiger partial charge in [-0.05, 0) is 26.4 Å². The van der Waals surface area contributed by atoms with E-state index in [0.717, 1.165) is 31.6 Å². The van der Waals surface area contributed by atoms with Crippen LogP contribution in [0.3, 0.4) is 0 Å². The van der Waals surface area contributed by atoms with E-state index in [1.807, 2.05) is 0 Å². The molecular formula is C12H25BrN2O. The van der Waals surface area contributed by atoms with Gasteiger partial charge in [0.1, 0.15) is 0 Å². The molecule has 0 aromatic carbocycles. The van der Waals surface area contributed by atoms with Crippen molar-refractivity contribution in [2.24, 2.45) is 0 Å². The molecule has 1 rings (SSSR count). The second-order valence-corrected chi connectivity index (χ2v) is 5.30. The minimum atomic E-state index is 0.912. The minimum Gasteiger partial charge on any atom is -0.379 e. The molecule has 0 saturated carbocycles. The van der Waals surface area contributed by atoms with Crippen LogP contribution in [0.2, 0.25) is 0 Å². The quantitative estimate of drug-likeness (QED) is 0.501. The van der Waals surface area contributed by atoms with E-state index in [1.165, 1.54) is 38.9 Å². The third-order valence-electron chi connectivity index (χ3n) is 3.08. The van der Waals surface area contributed by atoms with Gasteiger partial charge in [-0.25, -0.2) is 0 Å². The highest BCUT2D eigenvalue weighted by Crippen LogP contribution is 2.01. The molecule has 0 aliphatic carbocycles. The van der Waals surface area contributed by atoms with E-state index < -0.39 is 0 Å². The molecule has 1 aliphatic heterocycles. The van der Waals surface area contributed by atoms with Gasteiger partial charge in [0, 0.05) is 31.5 Å². The Hall–Kier alpha value is 0.360. The number of alkyl halides is 1. The first-order valence-electron chi connectivity index (χ1n) is 6.37. The molecule has 0 aromatic rings. The van der Waals surface area contributed by atoms with Gasteiger partial charge in [0.05, 0.1) is 13.2 Å². The summed E-state index contributed by atoms with van der Waals surface area (Å²) in [7, 11) is 2.23. The third kappa shape index (κ3) is 6.84. The van der Waals surface area contributed by atoms with Crippen molar-refractivity contribution in [2.45, 2.75) is 19.3 Å². The van der Waals surface area contributed by atoms with Crippen LogP contribution in [0.4, 0.5) is 0 Å². The van der Waals surface area contributed by atoms with Crippen molar-refractivity contribution >= 4 is 15.9 Å². The van der Waals surface area contributed by atoms with Gasteiger partial charge >= 0.3 is 0 Å². The summed E-state index contributed by atoms with van der Waals surface area (Å²) in [5.74, 6) is 0. The maximum atomic E-state index is 5.34. The Labute approximate surface area is 108 Å². The van der Waals surface area contributed by atoms with Crippen LogP contribution in [0.15, 0.2) is 0 Å². The molecular weight excluding hydrogens is 268 g/mol. The van der Waals surface area contributed by atoms with Crippen molar-refractivity contribution in [1.29, 1.82) is 0 Å². The van der Waals surface area contributed by atoms with Crippen molar-refractivity contribution in [2.75, 3.05) is 58.3 Å². The Morgan fingerprint density at radius 1 is 1.12 bits per heavy atom. The summed E-state index contributed by atoms with van der Waals surface area (Å²) in [5, 5.41) is 1.14. The number of likely N-dealkylation sites (N-methyl/N-ethyl adjacent to an activating group) is 1. The lowest BCUT2D eigenvalue weighted by Crippen LogP contribution is -2.40. The van der Waals surface area contributed by atoms with Crippen LogP contribution in [0.25, 0.3) is 0 Å². The van der Waals surface area contributed by atoms with E-state index in [2.05, 4.69) is 32.8 Å². The average Bonchev–Trinajstić information content (AvgIpc) is 2.33. The summed E-state index contributed by atoms with van der Waals surface area (Å²) < 4.78 is 5.34. The number of nitrogens with zero attached hydrogens (tertiary/aromatic N) is 2. The van der Waals surface area contributed by atoms with Crippen LogP contribution in [0, 0.1) is 0 Å². The maximum absolute atomic E-state index is 5.34. The molecule has 0 aromatic heterocycles. The molecule has 0 atom stereocenters. The van der Waals surface area contributed by atoms with Crippen LogP contribution in [0.5, 0.6) is 0 Å². The topological polar surface area (TPSA) is 15.7 Å². The fourth-order valence-electron chi connectivity index (χ4n) is 1.90. The molecule has 1 aliphatic rings. The molecule has 16 heavy (non-hydrogen) atoms. The predicted molar refractivity (Wildman–Crippen MR) is 72.4 cm³/mol. The van der Waals surface area contributed by atoms with Crippen molar-refractivity contribution in [3.63, 3.8) is 0 Å². The van der Waals surface area contributed by atoms with Crippen molar-refractivity contribution in [3.8, 4) is 0 Å². The molecule has 0 bridgehead atoms. The molecule has 0 spiro atoms. The molecule has 0 N–H and O–H groups in total. The number of hydrogen-bond acceptors (Lipinski definition) is 3. The summed E-state index contributed by atoms with van der Waals surface area (Å²) in [6.07, 6.45) is 3.97. The number of unbranched alkanes of at least 4 members (excludes halogenated alkanes) is 2. The lowest BCUT2D eigenvalue weighted by atomic mass is 10.2. The zero-order valence-corrected chi connectivity index (χ0v) is 12.0. The zero-order valence-electron chi connectivity index (χ0n) is 10.5. The second kappa shape index (κ2) is 9.40. The summed E-state index contributed by atoms with van der Waals surface area (Å²) >= 11 is 3.47. The smallest absolute Gasteiger partial charge is 0.0594 e. The van der Waals surface area contributed by atoms with Gasteiger partial charge in [-0.2, -0.15) is 0 Å². The Balaban J connectivity index is 1.94. The number of rotatable bonds is 8. The van der Waals surface area contributed by atoms with Gasteiger partial charge in [-0.3, -0.25) is 4.90 Å². The van der Waals surface area contributed by atoms with Gasteiger partial charge < -0.3 is 9.64 Å². The highest BCUT2D eigenvalue weighted by Gasteiger charge is 2.10. The number of ether oxygens (including phenoxy) is 1. The highest BCUT2D eigenvalue weighted by atomic mass is 79.9. The molecule has 1 saturated heterocycles. The van der Waals surface area contributed by atoms with Crippen LogP contribution in [0.1, 0.15) is 19.3 Å². The first kappa shape index (κ1) is 14.4. The fourth-order valence-corrected chi connectivity index (χ4v) is 2.30. The number of hydrogen-bond donors (Lipinski definition) is 0. The second-order valence-electron chi connectivity index (χ2n) is 4.51. The molecule has 4 heteroatoms. The van der Waals surface area contributed by atoms with Crippen molar-refractivity contribution in [1.82, 2.24) is 9.80 Å². The normalized spacial score (nSPS) is 18.2. The monoisotopic (exact) mass is 292 g/mol. The molecule has 0 radical (unpaired) electrons. The van der Waals surface area contributed by atoms with E-state index in [-0.39, 0.29) is 0 Å². The summed E-state index contributed by atoms with van der Waals surface area (Å²) in [5.41, 5.74) is 0. The Morgan fingerprint density at radius 2 is 1.88 bits per heavy atom. The predicted octanol–water partition coefficient (Wildman–Crippen LogP) is 1.82. The first-order chi connectivity index (χ1) is 7.83. The SMILES string of the molecule is CN(CCCCCBr)CCN1CCOCC1. The molecule has 0 amide bonds. The standard InChI is InChI=1S/C12H25BrN2O/c1-14(6-4-2-3-5-13)7-8-15-9-11-16-12-10-15/h2-12H2,1H3. The van der Waals surface area contributed by atoms with E-state index in [0.29, 0.717) is 0 Å². The number of morpholine rings is 1. The number of halogens is 1. The van der Waals surface area contributed by atoms with Gasteiger partial charge in [0.25, 0.3) is 0 Å². The van der Waals surface area contributed by atoms with Crippen molar-refractivity contribution < 1.29 is 4.74 Å². The third-order valence-corrected chi connectivity index (χ3v) is 3.64. The molecule has 1 fully saturated rings. The van der Waals surface area contributed by atoms with E-state index >= 15 is 0 Å². The largest absolute Gasteiger partial charge is 0.379 e. The Morgan fingerprint density at radius 3 is 2.56 bits per heavy atom. The van der Waals surface area contributed by atoms with E-state index in [4.69, 9.17) is 4.74 Å². The van der Waals surface area contributed by atoms with E-state index in [9.17, 15) is 0 Å². The fraction of sp³-hybridized carbons (Fsp3) is 1.00. The Kier molecular flexibility index (Phi) is 8.47. The van der Waals surface area contributed by atoms with Crippen LogP contribution in [-0.4, -0.2) is 68.1 Å². The van der Waals surface area contributed by atoms with E-state index in [1.54, 1.807) is 0 Å².